The number of rotatable bonds is 4. The van der Waals surface area contributed by atoms with E-state index in [4.69, 9.17) is 16.3 Å². The Labute approximate surface area is 199 Å². The van der Waals surface area contributed by atoms with Gasteiger partial charge < -0.3 is 14.4 Å². The molecule has 1 saturated heterocycles. The van der Waals surface area contributed by atoms with Gasteiger partial charge in [0.1, 0.15) is 11.8 Å². The van der Waals surface area contributed by atoms with Gasteiger partial charge in [-0.15, -0.1) is 0 Å². The molecule has 0 unspecified atom stereocenters. The zero-order chi connectivity index (χ0) is 22.8. The monoisotopic (exact) mass is 479 g/mol. The number of para-hydroxylation sites is 1. The minimum absolute atomic E-state index is 0.0302. The van der Waals surface area contributed by atoms with Gasteiger partial charge in [0.15, 0.2) is 0 Å². The van der Waals surface area contributed by atoms with E-state index < -0.39 is 11.7 Å². The summed E-state index contributed by atoms with van der Waals surface area (Å²) in [5, 5.41) is 4.30. The van der Waals surface area contributed by atoms with E-state index in [0.29, 0.717) is 46.7 Å². The summed E-state index contributed by atoms with van der Waals surface area (Å²) >= 11 is 7.89. The highest BCUT2D eigenvalue weighted by atomic mass is 35.5. The van der Waals surface area contributed by atoms with Crippen LogP contribution in [0.1, 0.15) is 10.4 Å². The molecule has 1 amide bonds. The lowest BCUT2D eigenvalue weighted by atomic mass is 10.1. The van der Waals surface area contributed by atoms with Gasteiger partial charge in [0.25, 0.3) is 5.91 Å². The molecule has 1 aromatic heterocycles. The first-order valence-corrected chi connectivity index (χ1v) is 11.7. The number of hydrogen-bond donors (Lipinski definition) is 1. The largest absolute Gasteiger partial charge is 0.367 e. The number of ether oxygens (including phenoxy) is 1. The van der Waals surface area contributed by atoms with Crippen molar-refractivity contribution in [3.63, 3.8) is 0 Å². The van der Waals surface area contributed by atoms with Gasteiger partial charge in [0, 0.05) is 16.6 Å². The first kappa shape index (κ1) is 21.7. The summed E-state index contributed by atoms with van der Waals surface area (Å²) in [6.45, 7) is 1.24. The second-order valence-corrected chi connectivity index (χ2v) is 8.80. The van der Waals surface area contributed by atoms with Crippen LogP contribution in [0.15, 0.2) is 72.8 Å². The number of benzene rings is 3. The predicted molar refractivity (Wildman–Crippen MR) is 132 cm³/mol. The number of amides is 1. The smallest absolute Gasteiger partial charge is 0.258 e. The van der Waals surface area contributed by atoms with Crippen molar-refractivity contribution in [3.8, 4) is 11.3 Å². The summed E-state index contributed by atoms with van der Waals surface area (Å²) < 4.78 is 22.0. The Hall–Kier alpha value is -3.13. The Morgan fingerprint density at radius 2 is 1.97 bits per heavy atom. The van der Waals surface area contributed by atoms with Crippen molar-refractivity contribution in [2.75, 3.05) is 28.7 Å². The minimum Gasteiger partial charge on any atom is -0.367 e. The second-order valence-electron chi connectivity index (χ2n) is 7.46. The maximum absolute atomic E-state index is 14.8. The molecular weight excluding hydrogens is 461 g/mol. The van der Waals surface area contributed by atoms with Crippen molar-refractivity contribution >= 4 is 51.7 Å². The summed E-state index contributed by atoms with van der Waals surface area (Å²) in [7, 11) is 0. The number of nitrogens with zero attached hydrogens (tertiary/aromatic N) is 2. The van der Waals surface area contributed by atoms with Crippen molar-refractivity contribution in [1.29, 1.82) is 0 Å². The molecule has 0 aliphatic carbocycles. The molecule has 0 bridgehead atoms. The predicted octanol–water partition coefficient (Wildman–Crippen LogP) is 6.39. The lowest BCUT2D eigenvalue weighted by molar-refractivity contribution is 0.102. The topological polar surface area (TPSA) is 54.5 Å². The number of aromatic nitrogens is 1. The molecule has 0 atom stereocenters. The third-order valence-corrected chi connectivity index (χ3v) is 6.62. The van der Waals surface area contributed by atoms with Gasteiger partial charge in [-0.25, -0.2) is 9.37 Å². The van der Waals surface area contributed by atoms with Gasteiger partial charge in [-0.1, -0.05) is 35.9 Å². The number of nitrogens with one attached hydrogen (secondary N) is 1. The molecule has 1 aliphatic heterocycles. The summed E-state index contributed by atoms with van der Waals surface area (Å²) in [5.41, 5.74) is 3.39. The normalized spacial score (nSPS) is 13.8. The fourth-order valence-electron chi connectivity index (χ4n) is 3.63. The zero-order valence-electron chi connectivity index (χ0n) is 17.4. The third kappa shape index (κ3) is 4.66. The summed E-state index contributed by atoms with van der Waals surface area (Å²) in [6.07, 6.45) is 0. The highest BCUT2D eigenvalue weighted by Crippen LogP contribution is 2.31. The van der Waals surface area contributed by atoms with E-state index in [1.165, 1.54) is 24.1 Å². The Kier molecular flexibility index (Phi) is 6.17. The summed E-state index contributed by atoms with van der Waals surface area (Å²) in [6, 6.07) is 21.4. The first-order valence-electron chi connectivity index (χ1n) is 10.3. The molecule has 0 saturated carbocycles. The first-order chi connectivity index (χ1) is 16.1. The second kappa shape index (κ2) is 9.39. The fraction of sp³-hybridized carbons (Fsp3) is 0.120. The van der Waals surface area contributed by atoms with Gasteiger partial charge in [0.2, 0.25) is 0 Å². The van der Waals surface area contributed by atoms with Crippen LogP contribution in [0, 0.1) is 5.82 Å². The molecule has 5 nitrogen and oxygen atoms in total. The molecule has 8 heteroatoms. The van der Waals surface area contributed by atoms with Crippen LogP contribution < -0.4 is 9.62 Å². The van der Waals surface area contributed by atoms with Crippen LogP contribution in [0.4, 0.5) is 15.8 Å². The standard InChI is InChI=1S/C25H19ClFN3O2S/c26-21-9-6-17(13-20(21)24-10-5-16-3-1-2-4-23(16)29-24)28-25(31)19-8-7-18(14-22(19)27)30-11-12-32-15-33-30/h1-10,13-14H,11-12,15H2,(H,28,31). The van der Waals surface area contributed by atoms with Gasteiger partial charge in [-0.3, -0.25) is 4.79 Å². The van der Waals surface area contributed by atoms with Crippen LogP contribution in [0.2, 0.25) is 5.02 Å². The Morgan fingerprint density at radius 3 is 2.79 bits per heavy atom. The molecule has 166 valence electrons. The fourth-order valence-corrected chi connectivity index (χ4v) is 4.63. The molecule has 1 aliphatic rings. The minimum atomic E-state index is -0.581. The average Bonchev–Trinajstić information content (AvgIpc) is 2.85. The van der Waals surface area contributed by atoms with Crippen LogP contribution in [-0.4, -0.2) is 30.0 Å². The maximum atomic E-state index is 14.8. The number of hydrogen-bond acceptors (Lipinski definition) is 5. The van der Waals surface area contributed by atoms with E-state index in [2.05, 4.69) is 10.3 Å². The quantitative estimate of drug-likeness (QED) is 0.344. The molecule has 3 aromatic carbocycles. The number of anilines is 2. The highest BCUT2D eigenvalue weighted by molar-refractivity contribution is 8.00. The van der Waals surface area contributed by atoms with Crippen LogP contribution in [0.3, 0.4) is 0 Å². The lowest BCUT2D eigenvalue weighted by Gasteiger charge is -2.27. The molecule has 0 radical (unpaired) electrons. The van der Waals surface area contributed by atoms with E-state index >= 15 is 0 Å². The Morgan fingerprint density at radius 1 is 1.09 bits per heavy atom. The van der Waals surface area contributed by atoms with E-state index in [1.807, 2.05) is 40.7 Å². The number of halogens is 2. The molecule has 5 rings (SSSR count). The number of carbonyl (C=O) groups is 1. The molecule has 4 aromatic rings. The molecule has 0 spiro atoms. The number of fused-ring (bicyclic) bond motifs is 1. The third-order valence-electron chi connectivity index (χ3n) is 5.31. The molecular formula is C25H19ClFN3O2S. The van der Waals surface area contributed by atoms with Gasteiger partial charge in [-0.2, -0.15) is 0 Å². The van der Waals surface area contributed by atoms with Crippen molar-refractivity contribution in [1.82, 2.24) is 4.98 Å². The number of carbonyl (C=O) groups excluding carboxylic acids is 1. The van der Waals surface area contributed by atoms with Gasteiger partial charge in [0.05, 0.1) is 40.6 Å². The van der Waals surface area contributed by atoms with E-state index in [9.17, 15) is 9.18 Å². The lowest BCUT2D eigenvalue weighted by Crippen LogP contribution is -2.26. The average molecular weight is 480 g/mol. The summed E-state index contributed by atoms with van der Waals surface area (Å²) in [5.74, 6) is -0.592. The van der Waals surface area contributed by atoms with Gasteiger partial charge in [-0.05, 0) is 60.5 Å². The van der Waals surface area contributed by atoms with E-state index in [0.717, 1.165) is 10.9 Å². The highest BCUT2D eigenvalue weighted by Gasteiger charge is 2.18. The molecule has 2 heterocycles. The Balaban J connectivity index is 1.38. The molecule has 1 fully saturated rings. The van der Waals surface area contributed by atoms with Crippen LogP contribution in [0.5, 0.6) is 0 Å². The van der Waals surface area contributed by atoms with E-state index in [-0.39, 0.29) is 5.56 Å². The van der Waals surface area contributed by atoms with Crippen LogP contribution >= 0.6 is 23.5 Å². The zero-order valence-corrected chi connectivity index (χ0v) is 19.0. The van der Waals surface area contributed by atoms with Crippen molar-refractivity contribution < 1.29 is 13.9 Å². The van der Waals surface area contributed by atoms with Crippen LogP contribution in [0.25, 0.3) is 22.2 Å². The maximum Gasteiger partial charge on any atom is 0.258 e. The van der Waals surface area contributed by atoms with Crippen molar-refractivity contribution in [3.05, 3.63) is 89.2 Å². The van der Waals surface area contributed by atoms with E-state index in [1.54, 1.807) is 24.3 Å². The summed E-state index contributed by atoms with van der Waals surface area (Å²) in [4.78, 5) is 17.5. The van der Waals surface area contributed by atoms with Crippen molar-refractivity contribution in [2.45, 2.75) is 0 Å². The molecule has 33 heavy (non-hydrogen) atoms. The molecule has 1 N–H and O–H groups in total. The van der Waals surface area contributed by atoms with Crippen molar-refractivity contribution in [2.24, 2.45) is 0 Å². The number of pyridine rings is 1. The SMILES string of the molecule is O=C(Nc1ccc(Cl)c(-c2ccc3ccccc3n2)c1)c1ccc(N2CCOCS2)cc1F. The van der Waals surface area contributed by atoms with Crippen LogP contribution in [-0.2, 0) is 4.74 Å². The Bertz CT molecular complexity index is 1340. The van der Waals surface area contributed by atoms with Gasteiger partial charge >= 0.3 is 0 Å².